The maximum Gasteiger partial charge on any atom is 0.250 e. The Kier molecular flexibility index (Phi) is 5.35. The first kappa shape index (κ1) is 17.0. The SMILES string of the molecule is CCn1c(SCC(=O)NN=Cc2ccccc2O)nc2ccccc21. The van der Waals surface area contributed by atoms with E-state index in [9.17, 15) is 9.90 Å². The van der Waals surface area contributed by atoms with Crippen molar-refractivity contribution in [3.8, 4) is 5.75 Å². The van der Waals surface area contributed by atoms with Gasteiger partial charge in [0.15, 0.2) is 5.16 Å². The number of hydrogen-bond acceptors (Lipinski definition) is 5. The molecule has 128 valence electrons. The van der Waals surface area contributed by atoms with Crippen LogP contribution in [0, 0.1) is 0 Å². The highest BCUT2D eigenvalue weighted by Gasteiger charge is 2.11. The number of nitrogens with one attached hydrogen (secondary N) is 1. The van der Waals surface area contributed by atoms with Gasteiger partial charge in [-0.3, -0.25) is 4.79 Å². The number of phenols is 1. The van der Waals surface area contributed by atoms with Crippen molar-refractivity contribution in [2.45, 2.75) is 18.6 Å². The Morgan fingerprint density at radius 2 is 2.04 bits per heavy atom. The van der Waals surface area contributed by atoms with Crippen LogP contribution in [0.1, 0.15) is 12.5 Å². The molecule has 0 saturated carbocycles. The molecule has 1 aromatic heterocycles. The molecule has 1 heterocycles. The highest BCUT2D eigenvalue weighted by atomic mass is 32.2. The first-order chi connectivity index (χ1) is 12.2. The van der Waals surface area contributed by atoms with Crippen molar-refractivity contribution in [3.63, 3.8) is 0 Å². The van der Waals surface area contributed by atoms with Crippen molar-refractivity contribution in [2.75, 3.05) is 5.75 Å². The van der Waals surface area contributed by atoms with E-state index in [1.807, 2.05) is 24.3 Å². The van der Waals surface area contributed by atoms with Crippen LogP contribution in [0.3, 0.4) is 0 Å². The quantitative estimate of drug-likeness (QED) is 0.405. The second-order valence-corrected chi connectivity index (χ2v) is 6.21. The van der Waals surface area contributed by atoms with E-state index in [4.69, 9.17) is 0 Å². The Morgan fingerprint density at radius 3 is 2.84 bits per heavy atom. The number of rotatable bonds is 6. The number of para-hydroxylation sites is 3. The number of phenolic OH excluding ortho intramolecular Hbond substituents is 1. The summed E-state index contributed by atoms with van der Waals surface area (Å²) in [6, 6.07) is 14.7. The van der Waals surface area contributed by atoms with Crippen molar-refractivity contribution < 1.29 is 9.90 Å². The summed E-state index contributed by atoms with van der Waals surface area (Å²) in [7, 11) is 0. The zero-order valence-corrected chi connectivity index (χ0v) is 14.5. The lowest BCUT2D eigenvalue weighted by molar-refractivity contribution is -0.118. The molecule has 0 unspecified atom stereocenters. The van der Waals surface area contributed by atoms with Crippen molar-refractivity contribution >= 4 is 34.9 Å². The number of amides is 1. The lowest BCUT2D eigenvalue weighted by atomic mass is 10.2. The molecule has 0 saturated heterocycles. The normalized spacial score (nSPS) is 11.2. The number of carbonyl (C=O) groups excluding carboxylic acids is 1. The molecule has 6 nitrogen and oxygen atoms in total. The van der Waals surface area contributed by atoms with Gasteiger partial charge in [0, 0.05) is 12.1 Å². The predicted octanol–water partition coefficient (Wildman–Crippen LogP) is 3.00. The zero-order chi connectivity index (χ0) is 17.6. The molecule has 3 aromatic rings. The number of hydrazone groups is 1. The Balaban J connectivity index is 1.60. The summed E-state index contributed by atoms with van der Waals surface area (Å²) in [6.07, 6.45) is 1.42. The molecule has 7 heteroatoms. The van der Waals surface area contributed by atoms with Gasteiger partial charge in [0.2, 0.25) is 0 Å². The highest BCUT2D eigenvalue weighted by molar-refractivity contribution is 7.99. The Labute approximate surface area is 149 Å². The van der Waals surface area contributed by atoms with Gasteiger partial charge in [-0.2, -0.15) is 5.10 Å². The summed E-state index contributed by atoms with van der Waals surface area (Å²) in [5, 5.41) is 14.3. The summed E-state index contributed by atoms with van der Waals surface area (Å²) in [6.45, 7) is 2.84. The van der Waals surface area contributed by atoms with Gasteiger partial charge in [0.05, 0.1) is 23.0 Å². The van der Waals surface area contributed by atoms with E-state index in [0.29, 0.717) is 5.56 Å². The van der Waals surface area contributed by atoms with E-state index in [0.717, 1.165) is 22.7 Å². The molecule has 0 spiro atoms. The van der Waals surface area contributed by atoms with Crippen LogP contribution in [-0.2, 0) is 11.3 Å². The minimum atomic E-state index is -0.230. The monoisotopic (exact) mass is 354 g/mol. The molecule has 0 aliphatic carbocycles. The number of thioether (sulfide) groups is 1. The van der Waals surface area contributed by atoms with Crippen molar-refractivity contribution in [3.05, 3.63) is 54.1 Å². The fourth-order valence-electron chi connectivity index (χ4n) is 2.40. The molecular weight excluding hydrogens is 336 g/mol. The number of imidazole rings is 1. The van der Waals surface area contributed by atoms with Crippen LogP contribution in [0.4, 0.5) is 0 Å². The number of benzene rings is 2. The number of aryl methyl sites for hydroxylation is 1. The molecule has 2 aromatic carbocycles. The van der Waals surface area contributed by atoms with Gasteiger partial charge >= 0.3 is 0 Å². The fraction of sp³-hybridized carbons (Fsp3) is 0.167. The second kappa shape index (κ2) is 7.85. The van der Waals surface area contributed by atoms with Crippen LogP contribution >= 0.6 is 11.8 Å². The molecule has 0 atom stereocenters. The first-order valence-electron chi connectivity index (χ1n) is 7.87. The third kappa shape index (κ3) is 4.00. The summed E-state index contributed by atoms with van der Waals surface area (Å²) in [5.41, 5.74) is 4.99. The summed E-state index contributed by atoms with van der Waals surface area (Å²) in [5.74, 6) is 0.0967. The molecular formula is C18H18N4O2S. The summed E-state index contributed by atoms with van der Waals surface area (Å²) < 4.78 is 2.08. The number of carbonyl (C=O) groups is 1. The highest BCUT2D eigenvalue weighted by Crippen LogP contribution is 2.23. The van der Waals surface area contributed by atoms with Gasteiger partial charge < -0.3 is 9.67 Å². The van der Waals surface area contributed by atoms with E-state index in [1.54, 1.807) is 24.3 Å². The van der Waals surface area contributed by atoms with Crippen LogP contribution in [0.25, 0.3) is 11.0 Å². The smallest absolute Gasteiger partial charge is 0.250 e. The minimum absolute atomic E-state index is 0.117. The van der Waals surface area contributed by atoms with Crippen molar-refractivity contribution in [2.24, 2.45) is 5.10 Å². The molecule has 1 amide bonds. The zero-order valence-electron chi connectivity index (χ0n) is 13.7. The second-order valence-electron chi connectivity index (χ2n) is 5.27. The average Bonchev–Trinajstić information content (AvgIpc) is 2.99. The van der Waals surface area contributed by atoms with Crippen LogP contribution in [-0.4, -0.2) is 32.5 Å². The van der Waals surface area contributed by atoms with E-state index in [-0.39, 0.29) is 17.4 Å². The van der Waals surface area contributed by atoms with Crippen LogP contribution in [0.5, 0.6) is 5.75 Å². The predicted molar refractivity (Wildman–Crippen MR) is 100.0 cm³/mol. The van der Waals surface area contributed by atoms with E-state index in [2.05, 4.69) is 27.0 Å². The van der Waals surface area contributed by atoms with Gasteiger partial charge in [0.1, 0.15) is 5.75 Å². The minimum Gasteiger partial charge on any atom is -0.507 e. The standard InChI is InChI=1S/C18H18N4O2S/c1-2-22-15-9-5-4-8-14(15)20-18(22)25-12-17(24)21-19-11-13-7-3-6-10-16(13)23/h3-11,23H,2,12H2,1H3,(H,21,24). The van der Waals surface area contributed by atoms with Crippen LogP contribution < -0.4 is 5.43 Å². The van der Waals surface area contributed by atoms with Gasteiger partial charge in [0.25, 0.3) is 5.91 Å². The topological polar surface area (TPSA) is 79.5 Å². The van der Waals surface area contributed by atoms with Crippen molar-refractivity contribution in [1.82, 2.24) is 15.0 Å². The molecule has 0 bridgehead atoms. The summed E-state index contributed by atoms with van der Waals surface area (Å²) in [4.78, 5) is 16.5. The Morgan fingerprint density at radius 1 is 1.28 bits per heavy atom. The third-order valence-corrected chi connectivity index (χ3v) is 4.57. The number of nitrogens with zero attached hydrogens (tertiary/aromatic N) is 3. The number of fused-ring (bicyclic) bond motifs is 1. The molecule has 0 aliphatic heterocycles. The van der Waals surface area contributed by atoms with Gasteiger partial charge in [-0.25, -0.2) is 10.4 Å². The van der Waals surface area contributed by atoms with E-state index < -0.39 is 0 Å². The fourth-order valence-corrected chi connectivity index (χ4v) is 3.27. The van der Waals surface area contributed by atoms with Gasteiger partial charge in [-0.1, -0.05) is 36.0 Å². The van der Waals surface area contributed by atoms with E-state index in [1.165, 1.54) is 18.0 Å². The molecule has 2 N–H and O–H groups in total. The number of aromatic nitrogens is 2. The first-order valence-corrected chi connectivity index (χ1v) is 8.85. The Bertz CT molecular complexity index is 920. The Hall–Kier alpha value is -2.80. The molecule has 25 heavy (non-hydrogen) atoms. The maximum absolute atomic E-state index is 12.0. The lowest BCUT2D eigenvalue weighted by Gasteiger charge is -2.05. The third-order valence-electron chi connectivity index (χ3n) is 3.60. The van der Waals surface area contributed by atoms with E-state index >= 15 is 0 Å². The van der Waals surface area contributed by atoms with Crippen LogP contribution in [0.2, 0.25) is 0 Å². The molecule has 0 aliphatic rings. The summed E-state index contributed by atoms with van der Waals surface area (Å²) >= 11 is 1.37. The largest absolute Gasteiger partial charge is 0.507 e. The lowest BCUT2D eigenvalue weighted by Crippen LogP contribution is -2.20. The van der Waals surface area contributed by atoms with Crippen LogP contribution in [0.15, 0.2) is 58.8 Å². The molecule has 3 rings (SSSR count). The van der Waals surface area contributed by atoms with Gasteiger partial charge in [-0.05, 0) is 31.2 Å². The molecule has 0 radical (unpaired) electrons. The molecule has 0 fully saturated rings. The van der Waals surface area contributed by atoms with Crippen molar-refractivity contribution in [1.29, 1.82) is 0 Å². The maximum atomic E-state index is 12.0. The van der Waals surface area contributed by atoms with Gasteiger partial charge in [-0.15, -0.1) is 0 Å². The average molecular weight is 354 g/mol. The number of aromatic hydroxyl groups is 1. The number of hydrogen-bond donors (Lipinski definition) is 2.